The predicted molar refractivity (Wildman–Crippen MR) is 117 cm³/mol. The number of carbonyl (C=O) groups is 1. The van der Waals surface area contributed by atoms with Crippen LogP contribution in [0.25, 0.3) is 16.6 Å². The van der Waals surface area contributed by atoms with Gasteiger partial charge < -0.3 is 10.1 Å². The molecule has 0 saturated heterocycles. The first-order valence-corrected chi connectivity index (χ1v) is 10.4. The molecule has 0 fully saturated rings. The topological polar surface area (TPSA) is 68.5 Å². The average Bonchev–Trinajstić information content (AvgIpc) is 3.17. The molecule has 0 aliphatic carbocycles. The van der Waals surface area contributed by atoms with E-state index in [1.54, 1.807) is 7.11 Å². The van der Waals surface area contributed by atoms with Gasteiger partial charge in [-0.05, 0) is 54.8 Å². The van der Waals surface area contributed by atoms with Crippen LogP contribution in [-0.2, 0) is 11.2 Å². The number of nitrogens with one attached hydrogen (secondary N) is 1. The molecule has 0 bridgehead atoms. The number of aromatic nitrogens is 3. The molecule has 0 radical (unpaired) electrons. The van der Waals surface area contributed by atoms with Crippen molar-refractivity contribution in [2.75, 3.05) is 18.2 Å². The minimum absolute atomic E-state index is 0.0636. The van der Waals surface area contributed by atoms with Gasteiger partial charge >= 0.3 is 0 Å². The van der Waals surface area contributed by atoms with Crippen molar-refractivity contribution < 1.29 is 9.53 Å². The molecule has 6 nitrogen and oxygen atoms in total. The molecule has 7 heteroatoms. The van der Waals surface area contributed by atoms with E-state index in [0.29, 0.717) is 5.16 Å². The first-order valence-electron chi connectivity index (χ1n) is 9.43. The van der Waals surface area contributed by atoms with Crippen molar-refractivity contribution in [2.45, 2.75) is 25.4 Å². The fraction of sp³-hybridized carbons (Fsp3) is 0.227. The molecule has 2 aromatic heterocycles. The van der Waals surface area contributed by atoms with Crippen LogP contribution in [0.2, 0.25) is 0 Å². The Bertz CT molecular complexity index is 1200. The number of anilines is 1. The molecular weight excluding hydrogens is 384 g/mol. The maximum atomic E-state index is 12.5. The molecule has 0 unspecified atom stereocenters. The van der Waals surface area contributed by atoms with Gasteiger partial charge in [0.2, 0.25) is 5.91 Å². The third-order valence-corrected chi connectivity index (χ3v) is 5.77. The van der Waals surface area contributed by atoms with E-state index in [9.17, 15) is 4.79 Å². The number of hydrogen-bond donors (Lipinski definition) is 1. The molecule has 2 aromatic carbocycles. The van der Waals surface area contributed by atoms with E-state index < -0.39 is 0 Å². The highest BCUT2D eigenvalue weighted by Crippen LogP contribution is 2.28. The molecule has 4 rings (SSSR count). The first kappa shape index (κ1) is 19.3. The summed E-state index contributed by atoms with van der Waals surface area (Å²) in [6, 6.07) is 15.8. The summed E-state index contributed by atoms with van der Waals surface area (Å²) in [5.41, 5.74) is 4.78. The maximum absolute atomic E-state index is 12.5. The van der Waals surface area contributed by atoms with Gasteiger partial charge in [0.25, 0.3) is 0 Å². The van der Waals surface area contributed by atoms with Gasteiger partial charge in [0.1, 0.15) is 5.75 Å². The number of aryl methyl sites for hydroxylation is 2. The van der Waals surface area contributed by atoms with Gasteiger partial charge in [-0.2, -0.15) is 0 Å². The number of thioether (sulfide) groups is 1. The summed E-state index contributed by atoms with van der Waals surface area (Å²) < 4.78 is 7.34. The lowest BCUT2D eigenvalue weighted by Gasteiger charge is -2.10. The van der Waals surface area contributed by atoms with E-state index in [2.05, 4.69) is 28.5 Å². The first-order chi connectivity index (χ1) is 14.1. The number of benzene rings is 2. The number of pyridine rings is 1. The maximum Gasteiger partial charge on any atom is 0.234 e. The summed E-state index contributed by atoms with van der Waals surface area (Å²) in [6.45, 7) is 4.08. The van der Waals surface area contributed by atoms with Crippen LogP contribution in [0.4, 0.5) is 5.69 Å². The fourth-order valence-electron chi connectivity index (χ4n) is 3.38. The Hall–Kier alpha value is -3.06. The second-order valence-corrected chi connectivity index (χ2v) is 7.68. The van der Waals surface area contributed by atoms with Gasteiger partial charge in [0.15, 0.2) is 10.8 Å². The summed E-state index contributed by atoms with van der Waals surface area (Å²) in [4.78, 5) is 12.5. The SMILES string of the molecule is CCc1ccccc1NC(=O)CSc1nnc2c(C)cc3cc(OC)ccc3n12. The Kier molecular flexibility index (Phi) is 5.40. The average molecular weight is 407 g/mol. The molecule has 29 heavy (non-hydrogen) atoms. The number of para-hydroxylation sites is 1. The number of amides is 1. The van der Waals surface area contributed by atoms with Crippen molar-refractivity contribution in [1.82, 2.24) is 14.6 Å². The van der Waals surface area contributed by atoms with E-state index in [4.69, 9.17) is 4.74 Å². The van der Waals surface area contributed by atoms with Crippen LogP contribution in [0, 0.1) is 6.92 Å². The second-order valence-electron chi connectivity index (χ2n) is 6.74. The zero-order valence-electron chi connectivity index (χ0n) is 16.6. The molecule has 0 spiro atoms. The van der Waals surface area contributed by atoms with Crippen LogP contribution < -0.4 is 10.1 Å². The lowest BCUT2D eigenvalue weighted by atomic mass is 10.1. The third-order valence-electron chi connectivity index (χ3n) is 4.84. The van der Waals surface area contributed by atoms with Crippen LogP contribution in [0.3, 0.4) is 0 Å². The normalized spacial score (nSPS) is 11.1. The predicted octanol–water partition coefficient (Wildman–Crippen LogP) is 4.49. The van der Waals surface area contributed by atoms with Gasteiger partial charge in [-0.15, -0.1) is 10.2 Å². The van der Waals surface area contributed by atoms with Crippen LogP contribution in [0.15, 0.2) is 53.7 Å². The van der Waals surface area contributed by atoms with Crippen molar-refractivity contribution in [3.8, 4) is 5.75 Å². The van der Waals surface area contributed by atoms with E-state index in [1.165, 1.54) is 11.8 Å². The number of fused-ring (bicyclic) bond motifs is 3. The highest BCUT2D eigenvalue weighted by molar-refractivity contribution is 7.99. The number of methoxy groups -OCH3 is 1. The highest BCUT2D eigenvalue weighted by atomic mass is 32.2. The Labute approximate surface area is 173 Å². The van der Waals surface area contributed by atoms with Gasteiger partial charge in [0.05, 0.1) is 18.4 Å². The summed E-state index contributed by atoms with van der Waals surface area (Å²) in [7, 11) is 1.65. The van der Waals surface area contributed by atoms with E-state index >= 15 is 0 Å². The molecule has 1 N–H and O–H groups in total. The van der Waals surface area contributed by atoms with Crippen LogP contribution in [0.5, 0.6) is 5.75 Å². The minimum Gasteiger partial charge on any atom is -0.497 e. The summed E-state index contributed by atoms with van der Waals surface area (Å²) in [6.07, 6.45) is 0.868. The third kappa shape index (κ3) is 3.78. The van der Waals surface area contributed by atoms with Crippen LogP contribution >= 0.6 is 11.8 Å². The monoisotopic (exact) mass is 406 g/mol. The molecular formula is C22H22N4O2S. The second kappa shape index (κ2) is 8.13. The summed E-state index contributed by atoms with van der Waals surface area (Å²) >= 11 is 1.38. The van der Waals surface area contributed by atoms with E-state index in [0.717, 1.165) is 45.5 Å². The minimum atomic E-state index is -0.0636. The Balaban J connectivity index is 1.60. The molecule has 148 valence electrons. The lowest BCUT2D eigenvalue weighted by Crippen LogP contribution is -2.15. The van der Waals surface area contributed by atoms with Gasteiger partial charge in [-0.25, -0.2) is 0 Å². The molecule has 0 atom stereocenters. The van der Waals surface area contributed by atoms with Crippen LogP contribution in [-0.4, -0.2) is 33.4 Å². The fourth-order valence-corrected chi connectivity index (χ4v) is 4.12. The quantitative estimate of drug-likeness (QED) is 0.478. The van der Waals surface area contributed by atoms with Crippen molar-refractivity contribution in [3.05, 3.63) is 59.7 Å². The number of ether oxygens (including phenoxy) is 1. The number of carbonyl (C=O) groups excluding carboxylic acids is 1. The number of nitrogens with zero attached hydrogens (tertiary/aromatic N) is 3. The standard InChI is InChI=1S/C22H22N4O2S/c1-4-15-7-5-6-8-18(15)23-20(27)13-29-22-25-24-21-14(2)11-16-12-17(28-3)9-10-19(16)26(21)22/h5-12H,4,13H2,1-3H3,(H,23,27). The molecule has 0 saturated carbocycles. The molecule has 0 aliphatic heterocycles. The lowest BCUT2D eigenvalue weighted by molar-refractivity contribution is -0.113. The Morgan fingerprint density at radius 3 is 2.79 bits per heavy atom. The van der Waals surface area contributed by atoms with Gasteiger partial charge in [-0.3, -0.25) is 9.20 Å². The number of rotatable bonds is 6. The van der Waals surface area contributed by atoms with Crippen molar-refractivity contribution in [1.29, 1.82) is 0 Å². The largest absolute Gasteiger partial charge is 0.497 e. The molecule has 4 aromatic rings. The smallest absolute Gasteiger partial charge is 0.234 e. The Morgan fingerprint density at radius 1 is 1.17 bits per heavy atom. The molecule has 2 heterocycles. The number of hydrogen-bond acceptors (Lipinski definition) is 5. The zero-order chi connectivity index (χ0) is 20.4. The Morgan fingerprint density at radius 2 is 2.00 bits per heavy atom. The van der Waals surface area contributed by atoms with Crippen molar-refractivity contribution >= 4 is 39.9 Å². The van der Waals surface area contributed by atoms with Gasteiger partial charge in [0, 0.05) is 11.1 Å². The van der Waals surface area contributed by atoms with E-state index in [-0.39, 0.29) is 11.7 Å². The van der Waals surface area contributed by atoms with Gasteiger partial charge in [-0.1, -0.05) is 36.9 Å². The summed E-state index contributed by atoms with van der Waals surface area (Å²) in [5, 5.41) is 13.4. The molecule has 1 amide bonds. The zero-order valence-corrected chi connectivity index (χ0v) is 17.4. The summed E-state index contributed by atoms with van der Waals surface area (Å²) in [5.74, 6) is 0.989. The highest BCUT2D eigenvalue weighted by Gasteiger charge is 2.15. The molecule has 0 aliphatic rings. The van der Waals surface area contributed by atoms with Crippen LogP contribution in [0.1, 0.15) is 18.1 Å². The van der Waals surface area contributed by atoms with Crippen molar-refractivity contribution in [3.63, 3.8) is 0 Å². The van der Waals surface area contributed by atoms with E-state index in [1.807, 2.05) is 53.8 Å². The van der Waals surface area contributed by atoms with Crippen molar-refractivity contribution in [2.24, 2.45) is 0 Å².